The molecule has 27 heavy (non-hydrogen) atoms. The van der Waals surface area contributed by atoms with Gasteiger partial charge in [-0.2, -0.15) is 0 Å². The zero-order valence-corrected chi connectivity index (χ0v) is 18.0. The quantitative estimate of drug-likeness (QED) is 0.472. The number of benzene rings is 2. The summed E-state index contributed by atoms with van der Waals surface area (Å²) >= 11 is 13.6. The molecule has 0 bridgehead atoms. The number of rotatable bonds is 8. The van der Waals surface area contributed by atoms with Crippen LogP contribution in [0, 0.1) is 6.92 Å². The maximum absolute atomic E-state index is 12.0. The molecule has 0 aliphatic heterocycles. The van der Waals surface area contributed by atoms with Crippen molar-refractivity contribution in [1.29, 1.82) is 0 Å². The first-order valence-corrected chi connectivity index (χ1v) is 11.7. The number of hydrogen-bond acceptors (Lipinski definition) is 5. The van der Waals surface area contributed by atoms with Crippen molar-refractivity contribution >= 4 is 56.4 Å². The summed E-state index contributed by atoms with van der Waals surface area (Å²) in [5.74, 6) is 0.474. The molecule has 0 spiro atoms. The zero-order valence-electron chi connectivity index (χ0n) is 14.9. The topological polar surface area (TPSA) is 75.3 Å². The lowest BCUT2D eigenvalue weighted by Gasteiger charge is -2.13. The Bertz CT molecular complexity index is 917. The number of halogens is 2. The lowest BCUT2D eigenvalue weighted by molar-refractivity contribution is -0.119. The van der Waals surface area contributed by atoms with Crippen LogP contribution in [0.3, 0.4) is 0 Å². The number of carbonyl (C=O) groups excluding carboxylic acids is 1. The second-order valence-electron chi connectivity index (χ2n) is 5.90. The fourth-order valence-electron chi connectivity index (χ4n) is 2.30. The number of nitrogens with one attached hydrogen (secondary N) is 2. The smallest absolute Gasteiger partial charge is 0.239 e. The molecule has 0 aliphatic carbocycles. The number of hydrogen-bond donors (Lipinski definition) is 2. The molecule has 1 amide bonds. The van der Waals surface area contributed by atoms with Crippen molar-refractivity contribution < 1.29 is 13.2 Å². The van der Waals surface area contributed by atoms with Crippen molar-refractivity contribution in [2.75, 3.05) is 30.4 Å². The Hall–Kier alpha value is -1.41. The van der Waals surface area contributed by atoms with Gasteiger partial charge in [-0.25, -0.2) is 8.42 Å². The maximum atomic E-state index is 12.0. The van der Waals surface area contributed by atoms with Gasteiger partial charge in [0.15, 0.2) is 9.84 Å². The SMILES string of the molecule is Cc1ccc(SCCNC(=O)CNc2cc(Cl)cc(Cl)c2S(C)(=O)=O)cc1. The van der Waals surface area contributed by atoms with E-state index < -0.39 is 9.84 Å². The molecule has 5 nitrogen and oxygen atoms in total. The summed E-state index contributed by atoms with van der Waals surface area (Å²) in [5, 5.41) is 5.88. The van der Waals surface area contributed by atoms with Gasteiger partial charge in [-0.15, -0.1) is 11.8 Å². The monoisotopic (exact) mass is 446 g/mol. The van der Waals surface area contributed by atoms with Gasteiger partial charge in [-0.1, -0.05) is 40.9 Å². The summed E-state index contributed by atoms with van der Waals surface area (Å²) < 4.78 is 23.9. The number of amides is 1. The molecule has 2 rings (SSSR count). The van der Waals surface area contributed by atoms with Crippen molar-refractivity contribution in [1.82, 2.24) is 5.32 Å². The van der Waals surface area contributed by atoms with Crippen LogP contribution in [-0.2, 0) is 14.6 Å². The predicted molar refractivity (Wildman–Crippen MR) is 113 cm³/mol. The van der Waals surface area contributed by atoms with Crippen molar-refractivity contribution in [3.63, 3.8) is 0 Å². The van der Waals surface area contributed by atoms with Gasteiger partial charge in [0.2, 0.25) is 5.91 Å². The van der Waals surface area contributed by atoms with E-state index in [4.69, 9.17) is 23.2 Å². The molecule has 2 N–H and O–H groups in total. The molecular formula is C18H20Cl2N2O3S2. The van der Waals surface area contributed by atoms with E-state index in [9.17, 15) is 13.2 Å². The molecule has 0 saturated heterocycles. The minimum Gasteiger partial charge on any atom is -0.375 e. The molecule has 0 saturated carbocycles. The Balaban J connectivity index is 1.86. The van der Waals surface area contributed by atoms with E-state index in [-0.39, 0.29) is 33.1 Å². The Morgan fingerprint density at radius 2 is 1.81 bits per heavy atom. The van der Waals surface area contributed by atoms with Gasteiger partial charge in [-0.3, -0.25) is 4.79 Å². The van der Waals surface area contributed by atoms with Crippen molar-refractivity contribution in [3.8, 4) is 0 Å². The van der Waals surface area contributed by atoms with E-state index in [2.05, 4.69) is 10.6 Å². The van der Waals surface area contributed by atoms with E-state index in [1.807, 2.05) is 31.2 Å². The van der Waals surface area contributed by atoms with E-state index in [1.165, 1.54) is 17.7 Å². The number of thioether (sulfide) groups is 1. The summed E-state index contributed by atoms with van der Waals surface area (Å²) in [6.45, 7) is 2.44. The Labute approximate surface area is 173 Å². The Morgan fingerprint density at radius 3 is 2.44 bits per heavy atom. The van der Waals surface area contributed by atoms with Gasteiger partial charge >= 0.3 is 0 Å². The van der Waals surface area contributed by atoms with Crippen LogP contribution < -0.4 is 10.6 Å². The number of anilines is 1. The highest BCUT2D eigenvalue weighted by molar-refractivity contribution is 7.99. The van der Waals surface area contributed by atoms with Crippen molar-refractivity contribution in [3.05, 3.63) is 52.0 Å². The average molecular weight is 447 g/mol. The van der Waals surface area contributed by atoms with Crippen LogP contribution in [0.4, 0.5) is 5.69 Å². The molecule has 0 heterocycles. The zero-order chi connectivity index (χ0) is 20.0. The highest BCUT2D eigenvalue weighted by atomic mass is 35.5. The summed E-state index contributed by atoms with van der Waals surface area (Å²) in [7, 11) is -3.57. The molecule has 0 unspecified atom stereocenters. The van der Waals surface area contributed by atoms with Crippen molar-refractivity contribution in [2.24, 2.45) is 0 Å². The van der Waals surface area contributed by atoms with E-state index in [0.717, 1.165) is 16.9 Å². The molecule has 0 radical (unpaired) electrons. The van der Waals surface area contributed by atoms with Gasteiger partial charge in [0.05, 0.1) is 17.3 Å². The van der Waals surface area contributed by atoms with Gasteiger partial charge < -0.3 is 10.6 Å². The fraction of sp³-hybridized carbons (Fsp3) is 0.278. The van der Waals surface area contributed by atoms with Gasteiger partial charge in [-0.05, 0) is 31.2 Å². The molecule has 2 aromatic rings. The van der Waals surface area contributed by atoms with Crippen LogP contribution in [0.1, 0.15) is 5.56 Å². The normalized spacial score (nSPS) is 11.3. The van der Waals surface area contributed by atoms with E-state index in [0.29, 0.717) is 6.54 Å². The maximum Gasteiger partial charge on any atom is 0.239 e. The molecule has 0 aromatic heterocycles. The third-order valence-electron chi connectivity index (χ3n) is 3.53. The highest BCUT2D eigenvalue weighted by Crippen LogP contribution is 2.32. The summed E-state index contributed by atoms with van der Waals surface area (Å²) in [6, 6.07) is 11.0. The molecule has 0 fully saturated rings. The summed E-state index contributed by atoms with van der Waals surface area (Å²) in [5.41, 5.74) is 1.41. The van der Waals surface area contributed by atoms with Gasteiger partial charge in [0.25, 0.3) is 0 Å². The minimum atomic E-state index is -3.57. The van der Waals surface area contributed by atoms with Crippen LogP contribution in [0.2, 0.25) is 10.0 Å². The number of carbonyl (C=O) groups is 1. The molecule has 0 atom stereocenters. The largest absolute Gasteiger partial charge is 0.375 e. The first-order chi connectivity index (χ1) is 12.7. The van der Waals surface area contributed by atoms with Crippen LogP contribution in [0.25, 0.3) is 0 Å². The van der Waals surface area contributed by atoms with Gasteiger partial charge in [0, 0.05) is 28.5 Å². The number of sulfone groups is 1. The van der Waals surface area contributed by atoms with Gasteiger partial charge in [0.1, 0.15) is 4.90 Å². The summed E-state index contributed by atoms with van der Waals surface area (Å²) in [4.78, 5) is 13.1. The predicted octanol–water partition coefficient (Wildman–Crippen LogP) is 4.03. The number of aryl methyl sites for hydroxylation is 1. The molecule has 146 valence electrons. The highest BCUT2D eigenvalue weighted by Gasteiger charge is 2.19. The third kappa shape index (κ3) is 6.92. The average Bonchev–Trinajstić information content (AvgIpc) is 2.56. The van der Waals surface area contributed by atoms with E-state index >= 15 is 0 Å². The van der Waals surface area contributed by atoms with Crippen LogP contribution in [-0.4, -0.2) is 39.4 Å². The van der Waals surface area contributed by atoms with Crippen molar-refractivity contribution in [2.45, 2.75) is 16.7 Å². The first-order valence-electron chi connectivity index (χ1n) is 8.06. The van der Waals surface area contributed by atoms with Crippen LogP contribution >= 0.6 is 35.0 Å². The standard InChI is InChI=1S/C18H20Cl2N2O3S2/c1-12-3-5-14(6-4-12)26-8-7-21-17(23)11-22-16-10-13(19)9-15(20)18(16)27(2,24)25/h3-6,9-10,22H,7-8,11H2,1-2H3,(H,21,23). The Morgan fingerprint density at radius 1 is 1.15 bits per heavy atom. The third-order valence-corrected chi connectivity index (χ3v) is 6.36. The molecule has 9 heteroatoms. The fourth-order valence-corrected chi connectivity index (χ4v) is 4.93. The Kier molecular flexibility index (Phi) is 7.85. The lowest BCUT2D eigenvalue weighted by atomic mass is 10.2. The molecule has 0 aliphatic rings. The van der Waals surface area contributed by atoms with Crippen LogP contribution in [0.15, 0.2) is 46.2 Å². The first kappa shape index (κ1) is 21.9. The molecule has 2 aromatic carbocycles. The summed E-state index contributed by atoms with van der Waals surface area (Å²) in [6.07, 6.45) is 1.05. The minimum absolute atomic E-state index is 0.0161. The lowest BCUT2D eigenvalue weighted by Crippen LogP contribution is -2.31. The van der Waals surface area contributed by atoms with Crippen LogP contribution in [0.5, 0.6) is 0 Å². The molecular weight excluding hydrogens is 427 g/mol. The second kappa shape index (κ2) is 9.68. The second-order valence-corrected chi connectivity index (χ2v) is 9.87. The van der Waals surface area contributed by atoms with E-state index in [1.54, 1.807) is 11.8 Å².